The van der Waals surface area contributed by atoms with Crippen molar-refractivity contribution < 1.29 is 19.1 Å². The predicted octanol–water partition coefficient (Wildman–Crippen LogP) is 3.76. The highest BCUT2D eigenvalue weighted by Gasteiger charge is 2.25. The lowest BCUT2D eigenvalue weighted by molar-refractivity contribution is -0.113. The molecule has 0 radical (unpaired) electrons. The van der Waals surface area contributed by atoms with Crippen molar-refractivity contribution in [2.45, 2.75) is 39.6 Å². The maximum Gasteiger partial charge on any atom is 0.341 e. The number of aryl methyl sites for hydroxylation is 2. The summed E-state index contributed by atoms with van der Waals surface area (Å²) < 4.78 is 6.79. The van der Waals surface area contributed by atoms with E-state index in [2.05, 4.69) is 20.6 Å². The number of hydrogen-bond acceptors (Lipinski definition) is 9. The SMILES string of the molecule is CCOC(=O)c1c(NC(=O)CSc2ccc(-n3nc(C)cc3C)nn2)sc(C(C)=O)c1C. The van der Waals surface area contributed by atoms with Gasteiger partial charge < -0.3 is 10.1 Å². The van der Waals surface area contributed by atoms with Crippen molar-refractivity contribution in [2.75, 3.05) is 17.7 Å². The Hall–Kier alpha value is -3.05. The predicted molar refractivity (Wildman–Crippen MR) is 123 cm³/mol. The van der Waals surface area contributed by atoms with Crippen LogP contribution in [-0.2, 0) is 9.53 Å². The van der Waals surface area contributed by atoms with Crippen molar-refractivity contribution in [3.63, 3.8) is 0 Å². The number of ketones is 1. The molecule has 0 aliphatic heterocycles. The number of nitrogens with zero attached hydrogens (tertiary/aromatic N) is 4. The van der Waals surface area contributed by atoms with E-state index >= 15 is 0 Å². The lowest BCUT2D eigenvalue weighted by Gasteiger charge is -2.07. The van der Waals surface area contributed by atoms with Gasteiger partial charge in [-0.15, -0.1) is 21.5 Å². The maximum absolute atomic E-state index is 12.5. The molecule has 0 spiro atoms. The van der Waals surface area contributed by atoms with Gasteiger partial charge >= 0.3 is 5.97 Å². The number of aromatic nitrogens is 4. The van der Waals surface area contributed by atoms with Gasteiger partial charge in [-0.05, 0) is 58.4 Å². The van der Waals surface area contributed by atoms with Crippen LogP contribution in [0.4, 0.5) is 5.00 Å². The molecule has 9 nitrogen and oxygen atoms in total. The van der Waals surface area contributed by atoms with Gasteiger partial charge in [0.05, 0.1) is 28.5 Å². The second-order valence-electron chi connectivity index (χ2n) is 6.94. The highest BCUT2D eigenvalue weighted by atomic mass is 32.2. The van der Waals surface area contributed by atoms with Crippen LogP contribution in [-0.4, -0.2) is 50.0 Å². The summed E-state index contributed by atoms with van der Waals surface area (Å²) in [5.41, 5.74) is 2.56. The summed E-state index contributed by atoms with van der Waals surface area (Å²) in [6.45, 7) is 8.82. The molecule has 3 rings (SSSR count). The summed E-state index contributed by atoms with van der Waals surface area (Å²) in [7, 11) is 0. The van der Waals surface area contributed by atoms with Crippen molar-refractivity contribution >= 4 is 45.8 Å². The van der Waals surface area contributed by atoms with Crippen LogP contribution in [0, 0.1) is 20.8 Å². The number of carbonyl (C=O) groups excluding carboxylic acids is 3. The van der Waals surface area contributed by atoms with Gasteiger partial charge in [-0.1, -0.05) is 11.8 Å². The number of thioether (sulfide) groups is 1. The Kier molecular flexibility index (Phi) is 7.41. The summed E-state index contributed by atoms with van der Waals surface area (Å²) in [6, 6.07) is 5.50. The number of anilines is 1. The van der Waals surface area contributed by atoms with Gasteiger partial charge in [0.15, 0.2) is 11.6 Å². The van der Waals surface area contributed by atoms with Crippen LogP contribution in [0.5, 0.6) is 0 Å². The smallest absolute Gasteiger partial charge is 0.341 e. The Labute approximate surface area is 193 Å². The van der Waals surface area contributed by atoms with Crippen molar-refractivity contribution in [2.24, 2.45) is 0 Å². The highest BCUT2D eigenvalue weighted by Crippen LogP contribution is 2.34. The van der Waals surface area contributed by atoms with Gasteiger partial charge in [0.1, 0.15) is 10.0 Å². The molecule has 3 aromatic rings. The van der Waals surface area contributed by atoms with E-state index in [0.717, 1.165) is 22.7 Å². The normalized spacial score (nSPS) is 10.8. The fourth-order valence-corrected chi connectivity index (χ4v) is 4.77. The molecule has 0 aromatic carbocycles. The average molecular weight is 474 g/mol. The number of rotatable bonds is 8. The quantitative estimate of drug-likeness (QED) is 0.299. The van der Waals surface area contributed by atoms with Crippen LogP contribution in [0.2, 0.25) is 0 Å². The number of thiophene rings is 1. The molecule has 1 N–H and O–H groups in total. The number of hydrogen-bond donors (Lipinski definition) is 1. The zero-order valence-corrected chi connectivity index (χ0v) is 20.0. The van der Waals surface area contributed by atoms with Crippen molar-refractivity contribution in [1.82, 2.24) is 20.0 Å². The van der Waals surface area contributed by atoms with Crippen LogP contribution < -0.4 is 5.32 Å². The van der Waals surface area contributed by atoms with Crippen LogP contribution in [0.15, 0.2) is 23.2 Å². The monoisotopic (exact) mass is 473 g/mol. The van der Waals surface area contributed by atoms with Gasteiger partial charge in [0, 0.05) is 5.69 Å². The van der Waals surface area contributed by atoms with E-state index in [4.69, 9.17) is 4.74 Å². The standard InChI is InChI=1S/C21H23N5O4S2/c1-6-30-21(29)18-13(4)19(14(5)27)32-20(18)22-16(28)10-31-17-8-7-15(23-24-17)26-12(3)9-11(2)25-26/h7-9H,6,10H2,1-5H3,(H,22,28). The fourth-order valence-electron chi connectivity index (χ4n) is 3.05. The number of ether oxygens (including phenoxy) is 1. The Morgan fingerprint density at radius 2 is 1.94 bits per heavy atom. The fraction of sp³-hybridized carbons (Fsp3) is 0.333. The van der Waals surface area contributed by atoms with E-state index in [1.165, 1.54) is 18.7 Å². The minimum atomic E-state index is -0.567. The Balaban J connectivity index is 1.68. The first-order valence-corrected chi connectivity index (χ1v) is 11.6. The molecule has 0 aliphatic rings. The maximum atomic E-state index is 12.5. The molecule has 0 bridgehead atoms. The van der Waals surface area contributed by atoms with Gasteiger partial charge in [-0.3, -0.25) is 9.59 Å². The van der Waals surface area contributed by atoms with Crippen molar-refractivity contribution in [3.8, 4) is 5.82 Å². The summed E-state index contributed by atoms with van der Waals surface area (Å²) in [6.07, 6.45) is 0. The number of carbonyl (C=O) groups is 3. The van der Waals surface area contributed by atoms with E-state index in [1.807, 2.05) is 19.9 Å². The number of esters is 1. The second-order valence-corrected chi connectivity index (χ2v) is 8.96. The number of amides is 1. The lowest BCUT2D eigenvalue weighted by atomic mass is 10.1. The first kappa shape index (κ1) is 23.6. The highest BCUT2D eigenvalue weighted by molar-refractivity contribution is 7.99. The second kappa shape index (κ2) is 10.0. The molecular weight excluding hydrogens is 450 g/mol. The van der Waals surface area contributed by atoms with Crippen LogP contribution in [0.25, 0.3) is 5.82 Å². The summed E-state index contributed by atoms with van der Waals surface area (Å²) >= 11 is 2.28. The first-order chi connectivity index (χ1) is 15.2. The molecule has 3 aromatic heterocycles. The molecule has 3 heterocycles. The zero-order valence-electron chi connectivity index (χ0n) is 18.4. The van der Waals surface area contributed by atoms with E-state index in [0.29, 0.717) is 26.3 Å². The van der Waals surface area contributed by atoms with Gasteiger partial charge in [-0.2, -0.15) is 5.10 Å². The number of nitrogens with one attached hydrogen (secondary N) is 1. The molecule has 0 atom stereocenters. The third-order valence-corrected chi connectivity index (χ3v) is 6.63. The topological polar surface area (TPSA) is 116 Å². The van der Waals surface area contributed by atoms with Crippen molar-refractivity contribution in [3.05, 3.63) is 45.6 Å². The van der Waals surface area contributed by atoms with Gasteiger partial charge in [-0.25, -0.2) is 9.48 Å². The molecule has 0 saturated carbocycles. The third-order valence-electron chi connectivity index (χ3n) is 4.40. The summed E-state index contributed by atoms with van der Waals surface area (Å²) in [5, 5.41) is 16.3. The first-order valence-electron chi connectivity index (χ1n) is 9.82. The molecule has 168 valence electrons. The Morgan fingerprint density at radius 3 is 2.50 bits per heavy atom. The Bertz CT molecular complexity index is 1170. The van der Waals surface area contributed by atoms with Crippen LogP contribution in [0.3, 0.4) is 0 Å². The van der Waals surface area contributed by atoms with Crippen molar-refractivity contribution in [1.29, 1.82) is 0 Å². The number of Topliss-reactive ketones (excluding diaryl/α,β-unsaturated/α-hetero) is 1. The molecule has 0 fully saturated rings. The van der Waals surface area contributed by atoms with Crippen LogP contribution in [0.1, 0.15) is 50.8 Å². The molecule has 0 saturated heterocycles. The summed E-state index contributed by atoms with van der Waals surface area (Å²) in [5.74, 6) is -0.424. The molecule has 32 heavy (non-hydrogen) atoms. The van der Waals surface area contributed by atoms with E-state index in [9.17, 15) is 14.4 Å². The van der Waals surface area contributed by atoms with Crippen LogP contribution >= 0.6 is 23.1 Å². The molecule has 1 amide bonds. The minimum Gasteiger partial charge on any atom is -0.462 e. The lowest BCUT2D eigenvalue weighted by Crippen LogP contribution is -2.16. The molecule has 0 unspecified atom stereocenters. The van der Waals surface area contributed by atoms with E-state index in [-0.39, 0.29) is 29.6 Å². The average Bonchev–Trinajstić information content (AvgIpc) is 3.25. The molecular formula is C21H23N5O4S2. The minimum absolute atomic E-state index is 0.0581. The molecule has 11 heteroatoms. The van der Waals surface area contributed by atoms with Gasteiger partial charge in [0.2, 0.25) is 5.91 Å². The zero-order chi connectivity index (χ0) is 23.4. The molecule has 0 aliphatic carbocycles. The van der Waals surface area contributed by atoms with E-state index < -0.39 is 5.97 Å². The van der Waals surface area contributed by atoms with E-state index in [1.54, 1.807) is 30.7 Å². The summed E-state index contributed by atoms with van der Waals surface area (Å²) in [4.78, 5) is 37.2. The largest absolute Gasteiger partial charge is 0.462 e. The third kappa shape index (κ3) is 5.22. The Morgan fingerprint density at radius 1 is 1.19 bits per heavy atom. The van der Waals surface area contributed by atoms with Gasteiger partial charge in [0.25, 0.3) is 0 Å².